The van der Waals surface area contributed by atoms with Gasteiger partial charge in [0, 0.05) is 22.9 Å². The molecule has 0 heterocycles. The Bertz CT molecular complexity index is 387. The van der Waals surface area contributed by atoms with E-state index in [1.165, 1.54) is 0 Å². The van der Waals surface area contributed by atoms with Crippen molar-refractivity contribution in [1.82, 2.24) is 0 Å². The third-order valence-electron chi connectivity index (χ3n) is 2.87. The van der Waals surface area contributed by atoms with Gasteiger partial charge in [-0.05, 0) is 36.5 Å². The highest BCUT2D eigenvalue weighted by atomic mass is 35.5. The summed E-state index contributed by atoms with van der Waals surface area (Å²) in [5, 5.41) is 1.37. The number of rotatable bonds is 2. The van der Waals surface area contributed by atoms with E-state index in [0.717, 1.165) is 24.8 Å². The normalized spacial score (nSPS) is 20.9. The summed E-state index contributed by atoms with van der Waals surface area (Å²) in [5.41, 5.74) is 1.10. The molecule has 1 atom stereocenters. The summed E-state index contributed by atoms with van der Waals surface area (Å²) >= 11 is 11.9. The minimum Gasteiger partial charge on any atom is -0.300 e. The molecule has 0 bridgehead atoms. The van der Waals surface area contributed by atoms with E-state index >= 15 is 0 Å². The maximum absolute atomic E-state index is 11.1. The zero-order valence-electron chi connectivity index (χ0n) is 8.30. The van der Waals surface area contributed by atoms with Crippen LogP contribution in [-0.2, 0) is 11.2 Å². The van der Waals surface area contributed by atoms with Crippen molar-refractivity contribution in [3.63, 3.8) is 0 Å². The molecule has 1 saturated carbocycles. The van der Waals surface area contributed by atoms with Gasteiger partial charge in [-0.15, -0.1) is 0 Å². The lowest BCUT2D eigenvalue weighted by Crippen LogP contribution is -2.00. The summed E-state index contributed by atoms with van der Waals surface area (Å²) in [5.74, 6) is 0.848. The monoisotopic (exact) mass is 242 g/mol. The first kappa shape index (κ1) is 11.0. The van der Waals surface area contributed by atoms with Crippen molar-refractivity contribution in [2.24, 2.45) is 5.92 Å². The maximum atomic E-state index is 11.1. The van der Waals surface area contributed by atoms with Crippen molar-refractivity contribution in [2.75, 3.05) is 0 Å². The number of hydrogen-bond donors (Lipinski definition) is 0. The fraction of sp³-hybridized carbons (Fsp3) is 0.417. The Balaban J connectivity index is 2.07. The van der Waals surface area contributed by atoms with Gasteiger partial charge in [-0.25, -0.2) is 0 Å². The molecule has 0 aromatic heterocycles. The largest absolute Gasteiger partial charge is 0.300 e. The molecule has 1 aliphatic rings. The van der Waals surface area contributed by atoms with E-state index in [9.17, 15) is 4.79 Å². The zero-order chi connectivity index (χ0) is 10.8. The molecular formula is C12H12Cl2O. The lowest BCUT2D eigenvalue weighted by atomic mass is 9.98. The quantitative estimate of drug-likeness (QED) is 0.769. The molecule has 0 aliphatic heterocycles. The first-order chi connectivity index (χ1) is 7.15. The number of ketones is 1. The van der Waals surface area contributed by atoms with Gasteiger partial charge in [0.05, 0.1) is 0 Å². The Morgan fingerprint density at radius 1 is 1.33 bits per heavy atom. The minimum atomic E-state index is 0.380. The predicted octanol–water partition coefficient (Wildman–Crippen LogP) is 3.91. The van der Waals surface area contributed by atoms with Crippen LogP contribution in [-0.4, -0.2) is 5.78 Å². The second-order valence-corrected chi connectivity index (χ2v) is 4.93. The molecule has 2 rings (SSSR count). The second-order valence-electron chi connectivity index (χ2n) is 4.09. The first-order valence-corrected chi connectivity index (χ1v) is 5.86. The van der Waals surface area contributed by atoms with Gasteiger partial charge in [-0.1, -0.05) is 29.3 Å². The molecule has 0 radical (unpaired) electrons. The van der Waals surface area contributed by atoms with Gasteiger partial charge in [0.1, 0.15) is 5.78 Å². The Morgan fingerprint density at radius 2 is 2.13 bits per heavy atom. The molecule has 3 heteroatoms. The van der Waals surface area contributed by atoms with Gasteiger partial charge in [0.25, 0.3) is 0 Å². The Hall–Kier alpha value is -0.530. The number of benzene rings is 1. The zero-order valence-corrected chi connectivity index (χ0v) is 9.81. The Labute approximate surface area is 99.4 Å². The molecule has 1 aromatic carbocycles. The van der Waals surface area contributed by atoms with Crippen LogP contribution < -0.4 is 0 Å². The van der Waals surface area contributed by atoms with Crippen LogP contribution >= 0.6 is 23.2 Å². The lowest BCUT2D eigenvalue weighted by Gasteiger charge is -2.09. The fourth-order valence-corrected chi connectivity index (χ4v) is 2.55. The molecule has 1 nitrogen and oxygen atoms in total. The average molecular weight is 243 g/mol. The van der Waals surface area contributed by atoms with Gasteiger partial charge >= 0.3 is 0 Å². The van der Waals surface area contributed by atoms with Crippen LogP contribution in [0.3, 0.4) is 0 Å². The predicted molar refractivity (Wildman–Crippen MR) is 62.5 cm³/mol. The van der Waals surface area contributed by atoms with E-state index < -0.39 is 0 Å². The fourth-order valence-electron chi connectivity index (χ4n) is 2.06. The topological polar surface area (TPSA) is 17.1 Å². The van der Waals surface area contributed by atoms with E-state index in [2.05, 4.69) is 0 Å². The number of hydrogen-bond acceptors (Lipinski definition) is 1. The van der Waals surface area contributed by atoms with Gasteiger partial charge in [0.15, 0.2) is 0 Å². The van der Waals surface area contributed by atoms with Crippen LogP contribution in [0.25, 0.3) is 0 Å². The van der Waals surface area contributed by atoms with Gasteiger partial charge in [-0.2, -0.15) is 0 Å². The highest BCUT2D eigenvalue weighted by molar-refractivity contribution is 6.35. The van der Waals surface area contributed by atoms with Crippen LogP contribution in [0.15, 0.2) is 18.2 Å². The smallest absolute Gasteiger partial charge is 0.133 e. The molecule has 0 saturated heterocycles. The molecule has 15 heavy (non-hydrogen) atoms. The molecule has 0 spiro atoms. The SMILES string of the molecule is O=C1CCC(Cc2ccc(Cl)cc2Cl)C1. The van der Waals surface area contributed by atoms with Crippen LogP contribution in [0, 0.1) is 5.92 Å². The molecule has 1 unspecified atom stereocenters. The average Bonchev–Trinajstić information content (AvgIpc) is 2.56. The molecule has 1 aliphatic carbocycles. The molecule has 1 fully saturated rings. The second kappa shape index (κ2) is 4.54. The summed E-state index contributed by atoms with van der Waals surface area (Å²) in [4.78, 5) is 11.1. The Kier molecular flexibility index (Phi) is 3.32. The van der Waals surface area contributed by atoms with Crippen molar-refractivity contribution in [2.45, 2.75) is 25.7 Å². The third-order valence-corrected chi connectivity index (χ3v) is 3.46. The highest BCUT2D eigenvalue weighted by Crippen LogP contribution is 2.29. The van der Waals surface area contributed by atoms with E-state index in [0.29, 0.717) is 28.2 Å². The summed E-state index contributed by atoms with van der Waals surface area (Å²) in [6.45, 7) is 0. The molecule has 0 amide bonds. The Morgan fingerprint density at radius 3 is 2.73 bits per heavy atom. The van der Waals surface area contributed by atoms with Crippen molar-refractivity contribution in [1.29, 1.82) is 0 Å². The van der Waals surface area contributed by atoms with E-state index in [-0.39, 0.29) is 0 Å². The number of carbonyl (C=O) groups is 1. The summed E-state index contributed by atoms with van der Waals surface area (Å²) < 4.78 is 0. The van der Waals surface area contributed by atoms with Crippen LogP contribution in [0.5, 0.6) is 0 Å². The number of Topliss-reactive ketones (excluding diaryl/α,β-unsaturated/α-hetero) is 1. The van der Waals surface area contributed by atoms with Crippen LogP contribution in [0.4, 0.5) is 0 Å². The first-order valence-electron chi connectivity index (χ1n) is 5.11. The van der Waals surface area contributed by atoms with Crippen molar-refractivity contribution in [3.05, 3.63) is 33.8 Å². The third kappa shape index (κ3) is 2.73. The van der Waals surface area contributed by atoms with Gasteiger partial charge < -0.3 is 0 Å². The summed E-state index contributed by atoms with van der Waals surface area (Å²) in [6, 6.07) is 5.56. The van der Waals surface area contributed by atoms with Crippen LogP contribution in [0.1, 0.15) is 24.8 Å². The summed E-state index contributed by atoms with van der Waals surface area (Å²) in [6.07, 6.45) is 3.33. The summed E-state index contributed by atoms with van der Waals surface area (Å²) in [7, 11) is 0. The standard InChI is InChI=1S/C12H12Cl2O/c13-10-3-2-9(12(14)7-10)5-8-1-4-11(15)6-8/h2-3,7-8H,1,4-6H2. The molecule has 0 N–H and O–H groups in total. The van der Waals surface area contributed by atoms with E-state index in [1.54, 1.807) is 6.07 Å². The van der Waals surface area contributed by atoms with Crippen molar-refractivity contribution in [3.8, 4) is 0 Å². The molecule has 1 aromatic rings. The van der Waals surface area contributed by atoms with Crippen LogP contribution in [0.2, 0.25) is 10.0 Å². The number of carbonyl (C=O) groups excluding carboxylic acids is 1. The number of halogens is 2. The van der Waals surface area contributed by atoms with Crippen molar-refractivity contribution < 1.29 is 4.79 Å². The lowest BCUT2D eigenvalue weighted by molar-refractivity contribution is -0.117. The highest BCUT2D eigenvalue weighted by Gasteiger charge is 2.22. The maximum Gasteiger partial charge on any atom is 0.133 e. The van der Waals surface area contributed by atoms with Gasteiger partial charge in [0.2, 0.25) is 0 Å². The molecule has 80 valence electrons. The van der Waals surface area contributed by atoms with E-state index in [1.807, 2.05) is 12.1 Å². The van der Waals surface area contributed by atoms with Crippen molar-refractivity contribution >= 4 is 29.0 Å². The van der Waals surface area contributed by atoms with Gasteiger partial charge in [-0.3, -0.25) is 4.79 Å². The minimum absolute atomic E-state index is 0.380. The molecular weight excluding hydrogens is 231 g/mol. The van der Waals surface area contributed by atoms with E-state index in [4.69, 9.17) is 23.2 Å².